The van der Waals surface area contributed by atoms with E-state index in [0.29, 0.717) is 6.04 Å². The van der Waals surface area contributed by atoms with Crippen LogP contribution in [0.1, 0.15) is 51.1 Å². The minimum atomic E-state index is 0.461. The molecule has 3 unspecified atom stereocenters. The highest BCUT2D eigenvalue weighted by molar-refractivity contribution is 9.10. The number of hydrogen-bond acceptors (Lipinski definition) is 2. The van der Waals surface area contributed by atoms with Crippen molar-refractivity contribution in [2.75, 3.05) is 6.54 Å². The van der Waals surface area contributed by atoms with Crippen LogP contribution in [0.5, 0.6) is 0 Å². The van der Waals surface area contributed by atoms with E-state index in [1.807, 2.05) is 12.4 Å². The third kappa shape index (κ3) is 3.55. The van der Waals surface area contributed by atoms with Crippen LogP contribution in [0.15, 0.2) is 22.9 Å². The maximum absolute atomic E-state index is 4.31. The Bertz CT molecular complexity index is 381. The molecule has 2 nitrogen and oxygen atoms in total. The normalized spacial score (nSPS) is 25.9. The molecule has 0 amide bonds. The zero-order valence-electron chi connectivity index (χ0n) is 11.3. The molecule has 3 atom stereocenters. The van der Waals surface area contributed by atoms with Gasteiger partial charge in [-0.05, 0) is 58.8 Å². The first-order valence-electron chi connectivity index (χ1n) is 7.04. The van der Waals surface area contributed by atoms with Crippen LogP contribution in [-0.4, -0.2) is 11.5 Å². The summed E-state index contributed by atoms with van der Waals surface area (Å²) >= 11 is 3.53. The predicted molar refractivity (Wildman–Crippen MR) is 79.5 cm³/mol. The number of hydrogen-bond donors (Lipinski definition) is 1. The third-order valence-electron chi connectivity index (χ3n) is 3.96. The fourth-order valence-corrected chi connectivity index (χ4v) is 3.54. The van der Waals surface area contributed by atoms with Gasteiger partial charge in [-0.25, -0.2) is 0 Å². The average Bonchev–Trinajstić information content (AvgIpc) is 2.36. The van der Waals surface area contributed by atoms with Crippen LogP contribution < -0.4 is 5.32 Å². The molecule has 1 fully saturated rings. The smallest absolute Gasteiger partial charge is 0.0410 e. The average molecular weight is 311 g/mol. The van der Waals surface area contributed by atoms with Gasteiger partial charge in [0, 0.05) is 22.9 Å². The summed E-state index contributed by atoms with van der Waals surface area (Å²) in [5, 5.41) is 3.66. The van der Waals surface area contributed by atoms with Crippen molar-refractivity contribution in [1.82, 2.24) is 10.3 Å². The molecular weight excluding hydrogens is 288 g/mol. The van der Waals surface area contributed by atoms with E-state index in [2.05, 4.69) is 46.1 Å². The number of nitrogens with one attached hydrogen (secondary N) is 1. The van der Waals surface area contributed by atoms with E-state index in [0.717, 1.165) is 22.9 Å². The third-order valence-corrected chi connectivity index (χ3v) is 4.39. The molecule has 1 aromatic heterocycles. The Morgan fingerprint density at radius 2 is 2.28 bits per heavy atom. The predicted octanol–water partition coefficient (Wildman–Crippen LogP) is 4.32. The molecule has 1 N–H and O–H groups in total. The number of aromatic nitrogens is 1. The van der Waals surface area contributed by atoms with Gasteiger partial charge in [0.15, 0.2) is 0 Å². The van der Waals surface area contributed by atoms with Crippen molar-refractivity contribution in [3.63, 3.8) is 0 Å². The molecule has 1 aromatic rings. The first-order valence-corrected chi connectivity index (χ1v) is 7.83. The van der Waals surface area contributed by atoms with E-state index in [4.69, 9.17) is 0 Å². The fourth-order valence-electron chi connectivity index (χ4n) is 3.16. The standard InChI is InChI=1S/C15H23BrN2/c1-3-18-15(12-6-4-5-11(2)7-12)13-8-14(16)10-17-9-13/h8-12,15,18H,3-7H2,1-2H3. The van der Waals surface area contributed by atoms with Crippen molar-refractivity contribution in [3.05, 3.63) is 28.5 Å². The highest BCUT2D eigenvalue weighted by Gasteiger charge is 2.27. The first-order chi connectivity index (χ1) is 8.70. The number of pyridine rings is 1. The fraction of sp³-hybridized carbons (Fsp3) is 0.667. The Hall–Kier alpha value is -0.410. The van der Waals surface area contributed by atoms with E-state index in [1.165, 1.54) is 31.2 Å². The molecule has 0 saturated heterocycles. The zero-order valence-corrected chi connectivity index (χ0v) is 12.9. The molecule has 1 aliphatic rings. The minimum Gasteiger partial charge on any atom is -0.310 e. The second-order valence-corrected chi connectivity index (χ2v) is 6.42. The van der Waals surface area contributed by atoms with Gasteiger partial charge in [0.2, 0.25) is 0 Å². The summed E-state index contributed by atoms with van der Waals surface area (Å²) in [6.07, 6.45) is 9.31. The second-order valence-electron chi connectivity index (χ2n) is 5.50. The van der Waals surface area contributed by atoms with Crippen LogP contribution >= 0.6 is 15.9 Å². The summed E-state index contributed by atoms with van der Waals surface area (Å²) in [4.78, 5) is 4.31. The van der Waals surface area contributed by atoms with E-state index >= 15 is 0 Å². The van der Waals surface area contributed by atoms with Crippen molar-refractivity contribution >= 4 is 15.9 Å². The molecular formula is C15H23BrN2. The lowest BCUT2D eigenvalue weighted by Crippen LogP contribution is -2.31. The van der Waals surface area contributed by atoms with Gasteiger partial charge in [-0.2, -0.15) is 0 Å². The SMILES string of the molecule is CCNC(c1cncc(Br)c1)C1CCCC(C)C1. The summed E-state index contributed by atoms with van der Waals surface area (Å²) in [5.74, 6) is 1.62. The van der Waals surface area contributed by atoms with Gasteiger partial charge in [-0.3, -0.25) is 4.98 Å². The summed E-state index contributed by atoms with van der Waals surface area (Å²) < 4.78 is 1.08. The Kier molecular flexibility index (Phi) is 5.19. The van der Waals surface area contributed by atoms with Crippen LogP contribution in [0.2, 0.25) is 0 Å². The maximum Gasteiger partial charge on any atom is 0.0410 e. The monoisotopic (exact) mass is 310 g/mol. The molecule has 1 heterocycles. The topological polar surface area (TPSA) is 24.9 Å². The van der Waals surface area contributed by atoms with Crippen molar-refractivity contribution in [2.24, 2.45) is 11.8 Å². The first kappa shape index (κ1) is 14.0. The van der Waals surface area contributed by atoms with Crippen molar-refractivity contribution in [1.29, 1.82) is 0 Å². The molecule has 0 spiro atoms. The van der Waals surface area contributed by atoms with Crippen LogP contribution in [0, 0.1) is 11.8 Å². The van der Waals surface area contributed by atoms with Crippen LogP contribution in [0.25, 0.3) is 0 Å². The summed E-state index contributed by atoms with van der Waals surface area (Å²) in [6.45, 7) is 5.58. The van der Waals surface area contributed by atoms with E-state index in [9.17, 15) is 0 Å². The molecule has 0 aliphatic heterocycles. The van der Waals surface area contributed by atoms with Gasteiger partial charge in [-0.15, -0.1) is 0 Å². The molecule has 1 aliphatic carbocycles. The zero-order chi connectivity index (χ0) is 13.0. The molecule has 3 heteroatoms. The Balaban J connectivity index is 2.16. The number of halogens is 1. The maximum atomic E-state index is 4.31. The van der Waals surface area contributed by atoms with E-state index in [1.54, 1.807) is 0 Å². The lowest BCUT2D eigenvalue weighted by molar-refractivity contribution is 0.225. The van der Waals surface area contributed by atoms with Crippen molar-refractivity contribution in [3.8, 4) is 0 Å². The van der Waals surface area contributed by atoms with Gasteiger partial charge in [0.25, 0.3) is 0 Å². The van der Waals surface area contributed by atoms with Crippen LogP contribution in [-0.2, 0) is 0 Å². The number of rotatable bonds is 4. The van der Waals surface area contributed by atoms with Crippen molar-refractivity contribution in [2.45, 2.75) is 45.6 Å². The van der Waals surface area contributed by atoms with Gasteiger partial charge in [0.05, 0.1) is 0 Å². The molecule has 0 bridgehead atoms. The highest BCUT2D eigenvalue weighted by Crippen LogP contribution is 2.37. The van der Waals surface area contributed by atoms with Gasteiger partial charge < -0.3 is 5.32 Å². The van der Waals surface area contributed by atoms with E-state index < -0.39 is 0 Å². The van der Waals surface area contributed by atoms with Gasteiger partial charge in [0.1, 0.15) is 0 Å². The Morgan fingerprint density at radius 1 is 1.44 bits per heavy atom. The Labute approximate surface area is 119 Å². The molecule has 0 radical (unpaired) electrons. The molecule has 18 heavy (non-hydrogen) atoms. The quantitative estimate of drug-likeness (QED) is 0.895. The van der Waals surface area contributed by atoms with Crippen molar-refractivity contribution < 1.29 is 0 Å². The Morgan fingerprint density at radius 3 is 2.94 bits per heavy atom. The van der Waals surface area contributed by atoms with Crippen LogP contribution in [0.3, 0.4) is 0 Å². The van der Waals surface area contributed by atoms with Gasteiger partial charge in [-0.1, -0.05) is 26.7 Å². The lowest BCUT2D eigenvalue weighted by Gasteiger charge is -2.34. The molecule has 100 valence electrons. The summed E-state index contributed by atoms with van der Waals surface area (Å²) in [6, 6.07) is 2.67. The molecule has 1 saturated carbocycles. The van der Waals surface area contributed by atoms with E-state index in [-0.39, 0.29) is 0 Å². The summed E-state index contributed by atoms with van der Waals surface area (Å²) in [7, 11) is 0. The second kappa shape index (κ2) is 6.67. The van der Waals surface area contributed by atoms with Crippen LogP contribution in [0.4, 0.5) is 0 Å². The minimum absolute atomic E-state index is 0.461. The highest BCUT2D eigenvalue weighted by atomic mass is 79.9. The van der Waals surface area contributed by atoms with Gasteiger partial charge >= 0.3 is 0 Å². The largest absolute Gasteiger partial charge is 0.310 e. The number of nitrogens with zero attached hydrogens (tertiary/aromatic N) is 1. The summed E-state index contributed by atoms with van der Waals surface area (Å²) in [5.41, 5.74) is 1.32. The molecule has 0 aromatic carbocycles. The lowest BCUT2D eigenvalue weighted by atomic mass is 9.77. The molecule has 2 rings (SSSR count).